The highest BCUT2D eigenvalue weighted by molar-refractivity contribution is 6.33. The van der Waals surface area contributed by atoms with Gasteiger partial charge in [0.25, 0.3) is 5.91 Å². The van der Waals surface area contributed by atoms with Crippen molar-refractivity contribution < 1.29 is 22.7 Å². The number of nitrogens with one attached hydrogen (secondary N) is 1. The summed E-state index contributed by atoms with van der Waals surface area (Å²) in [5.74, 6) is -0.465. The number of nitrogen functional groups attached to an aromatic ring is 1. The van der Waals surface area contributed by atoms with Gasteiger partial charge in [-0.25, -0.2) is 0 Å². The SMILES string of the molecule is Nc1ccc(C(=O)Nc2cc(Oc3ccc(Cl)cc3)cc(C(F)(F)F)c2)cc1Cl. The Labute approximate surface area is 174 Å². The van der Waals surface area contributed by atoms with E-state index in [4.69, 9.17) is 33.7 Å². The summed E-state index contributed by atoms with van der Waals surface area (Å²) in [6.07, 6.45) is -4.64. The van der Waals surface area contributed by atoms with Crippen LogP contribution in [0.25, 0.3) is 0 Å². The fourth-order valence-corrected chi connectivity index (χ4v) is 2.71. The topological polar surface area (TPSA) is 64.4 Å². The number of benzene rings is 3. The van der Waals surface area contributed by atoms with Gasteiger partial charge in [0.1, 0.15) is 11.5 Å². The van der Waals surface area contributed by atoms with Gasteiger partial charge in [0.15, 0.2) is 0 Å². The number of hydrogen-bond acceptors (Lipinski definition) is 3. The Morgan fingerprint density at radius 1 is 0.931 bits per heavy atom. The van der Waals surface area contributed by atoms with Crippen LogP contribution in [0.2, 0.25) is 10.0 Å². The lowest BCUT2D eigenvalue weighted by Crippen LogP contribution is -2.13. The minimum Gasteiger partial charge on any atom is -0.457 e. The lowest BCUT2D eigenvalue weighted by molar-refractivity contribution is -0.137. The smallest absolute Gasteiger partial charge is 0.416 e. The minimum atomic E-state index is -4.64. The number of rotatable bonds is 4. The van der Waals surface area contributed by atoms with Gasteiger partial charge in [-0.05, 0) is 54.6 Å². The van der Waals surface area contributed by atoms with E-state index in [1.165, 1.54) is 48.5 Å². The number of anilines is 2. The number of carbonyl (C=O) groups excluding carboxylic acids is 1. The zero-order valence-corrected chi connectivity index (χ0v) is 16.1. The molecular formula is C20H13Cl2F3N2O2. The summed E-state index contributed by atoms with van der Waals surface area (Å²) in [5.41, 5.74) is 4.94. The Hall–Kier alpha value is -2.90. The monoisotopic (exact) mass is 440 g/mol. The van der Waals surface area contributed by atoms with E-state index in [1.807, 2.05) is 0 Å². The van der Waals surface area contributed by atoms with Gasteiger partial charge in [-0.15, -0.1) is 0 Å². The number of ether oxygens (including phenoxy) is 1. The van der Waals surface area contributed by atoms with Crippen molar-refractivity contribution in [3.8, 4) is 11.5 Å². The van der Waals surface area contributed by atoms with Crippen molar-refractivity contribution in [2.45, 2.75) is 6.18 Å². The van der Waals surface area contributed by atoms with E-state index in [0.717, 1.165) is 12.1 Å². The van der Waals surface area contributed by atoms with Crippen molar-refractivity contribution in [2.24, 2.45) is 0 Å². The third-order valence-electron chi connectivity index (χ3n) is 3.80. The predicted octanol–water partition coefficient (Wildman–Crippen LogP) is 6.64. The Bertz CT molecular complexity index is 1050. The van der Waals surface area contributed by atoms with E-state index >= 15 is 0 Å². The molecule has 3 N–H and O–H groups in total. The number of hydrogen-bond donors (Lipinski definition) is 2. The molecule has 0 atom stereocenters. The molecule has 0 aromatic heterocycles. The largest absolute Gasteiger partial charge is 0.457 e. The highest BCUT2D eigenvalue weighted by atomic mass is 35.5. The number of amides is 1. The van der Waals surface area contributed by atoms with Crippen molar-refractivity contribution >= 4 is 40.5 Å². The Kier molecular flexibility index (Phi) is 5.91. The fourth-order valence-electron chi connectivity index (χ4n) is 2.40. The van der Waals surface area contributed by atoms with E-state index in [2.05, 4.69) is 5.32 Å². The summed E-state index contributed by atoms with van der Waals surface area (Å²) in [7, 11) is 0. The molecule has 0 spiro atoms. The normalized spacial score (nSPS) is 11.2. The molecule has 1 amide bonds. The van der Waals surface area contributed by atoms with Crippen LogP contribution in [-0.4, -0.2) is 5.91 Å². The predicted molar refractivity (Wildman–Crippen MR) is 107 cm³/mol. The molecule has 0 saturated heterocycles. The summed E-state index contributed by atoms with van der Waals surface area (Å²) in [5, 5.41) is 3.03. The van der Waals surface area contributed by atoms with Gasteiger partial charge in [0, 0.05) is 22.3 Å². The summed E-state index contributed by atoms with van der Waals surface area (Å²) >= 11 is 11.7. The van der Waals surface area contributed by atoms with Gasteiger partial charge in [-0.3, -0.25) is 4.79 Å². The molecule has 9 heteroatoms. The molecule has 150 valence electrons. The van der Waals surface area contributed by atoms with Gasteiger partial charge in [0.2, 0.25) is 0 Å². The zero-order valence-electron chi connectivity index (χ0n) is 14.6. The first-order chi connectivity index (χ1) is 13.6. The second-order valence-corrected chi connectivity index (χ2v) is 6.83. The lowest BCUT2D eigenvalue weighted by Gasteiger charge is -2.14. The van der Waals surface area contributed by atoms with E-state index in [-0.39, 0.29) is 33.5 Å². The number of halogens is 5. The average molecular weight is 441 g/mol. The Morgan fingerprint density at radius 2 is 1.62 bits per heavy atom. The molecule has 0 radical (unpaired) electrons. The van der Waals surface area contributed by atoms with Crippen LogP contribution in [0.4, 0.5) is 24.5 Å². The molecule has 3 rings (SSSR count). The van der Waals surface area contributed by atoms with Crippen molar-refractivity contribution in [2.75, 3.05) is 11.1 Å². The minimum absolute atomic E-state index is 0.0956. The van der Waals surface area contributed by atoms with Crippen LogP contribution < -0.4 is 15.8 Å². The third-order valence-corrected chi connectivity index (χ3v) is 4.38. The number of alkyl halides is 3. The van der Waals surface area contributed by atoms with E-state index in [1.54, 1.807) is 0 Å². The summed E-state index contributed by atoms with van der Waals surface area (Å²) in [6, 6.07) is 13.2. The van der Waals surface area contributed by atoms with Crippen molar-refractivity contribution in [3.05, 3.63) is 81.8 Å². The number of nitrogens with two attached hydrogens (primary N) is 1. The second-order valence-electron chi connectivity index (χ2n) is 5.99. The fraction of sp³-hybridized carbons (Fsp3) is 0.0500. The van der Waals surface area contributed by atoms with Gasteiger partial charge in [0.05, 0.1) is 16.3 Å². The van der Waals surface area contributed by atoms with Gasteiger partial charge >= 0.3 is 6.18 Å². The van der Waals surface area contributed by atoms with Crippen LogP contribution in [0.1, 0.15) is 15.9 Å². The molecule has 29 heavy (non-hydrogen) atoms. The molecule has 0 heterocycles. The first-order valence-corrected chi connectivity index (χ1v) is 8.89. The standard InChI is InChI=1S/C20H13Cl2F3N2O2/c21-13-2-4-15(5-3-13)29-16-9-12(20(23,24)25)8-14(10-16)27-19(28)11-1-6-18(26)17(22)7-11/h1-10H,26H2,(H,27,28). The average Bonchev–Trinajstić information content (AvgIpc) is 2.65. The third kappa shape index (κ3) is 5.34. The molecule has 0 bridgehead atoms. The molecule has 0 fully saturated rings. The summed E-state index contributed by atoms with van der Waals surface area (Å²) < 4.78 is 45.3. The molecule has 0 aliphatic heterocycles. The van der Waals surface area contributed by atoms with Gasteiger partial charge in [-0.1, -0.05) is 23.2 Å². The first-order valence-electron chi connectivity index (χ1n) is 8.14. The van der Waals surface area contributed by atoms with E-state index < -0.39 is 17.6 Å². The quantitative estimate of drug-likeness (QED) is 0.446. The molecular weight excluding hydrogens is 428 g/mol. The molecule has 0 aliphatic carbocycles. The summed E-state index contributed by atoms with van der Waals surface area (Å²) in [6.45, 7) is 0. The second kappa shape index (κ2) is 8.23. The van der Waals surface area contributed by atoms with Crippen LogP contribution in [0.5, 0.6) is 11.5 Å². The van der Waals surface area contributed by atoms with E-state index in [0.29, 0.717) is 5.02 Å². The van der Waals surface area contributed by atoms with Gasteiger partial charge < -0.3 is 15.8 Å². The number of carbonyl (C=O) groups is 1. The highest BCUT2D eigenvalue weighted by Gasteiger charge is 2.31. The van der Waals surface area contributed by atoms with Crippen LogP contribution in [-0.2, 0) is 6.18 Å². The highest BCUT2D eigenvalue weighted by Crippen LogP contribution is 2.36. The van der Waals surface area contributed by atoms with Crippen molar-refractivity contribution in [1.29, 1.82) is 0 Å². The Balaban J connectivity index is 1.91. The maximum Gasteiger partial charge on any atom is 0.416 e. The van der Waals surface area contributed by atoms with Crippen LogP contribution in [0, 0.1) is 0 Å². The van der Waals surface area contributed by atoms with Crippen LogP contribution >= 0.6 is 23.2 Å². The first kappa shape index (κ1) is 20.8. The van der Waals surface area contributed by atoms with Crippen LogP contribution in [0.15, 0.2) is 60.7 Å². The molecule has 0 aliphatic rings. The summed E-state index contributed by atoms with van der Waals surface area (Å²) in [4.78, 5) is 12.4. The maximum atomic E-state index is 13.3. The van der Waals surface area contributed by atoms with Crippen molar-refractivity contribution in [3.63, 3.8) is 0 Å². The molecule has 3 aromatic rings. The van der Waals surface area contributed by atoms with Crippen LogP contribution in [0.3, 0.4) is 0 Å². The molecule has 4 nitrogen and oxygen atoms in total. The molecule has 0 unspecified atom stereocenters. The van der Waals surface area contributed by atoms with E-state index in [9.17, 15) is 18.0 Å². The lowest BCUT2D eigenvalue weighted by atomic mass is 10.1. The van der Waals surface area contributed by atoms with Gasteiger partial charge in [-0.2, -0.15) is 13.2 Å². The van der Waals surface area contributed by atoms with Crippen molar-refractivity contribution in [1.82, 2.24) is 0 Å². The Morgan fingerprint density at radius 3 is 2.24 bits per heavy atom. The maximum absolute atomic E-state index is 13.3. The molecule has 3 aromatic carbocycles. The zero-order chi connectivity index (χ0) is 21.2. The molecule has 0 saturated carbocycles.